The van der Waals surface area contributed by atoms with Gasteiger partial charge in [0.05, 0.1) is 6.61 Å². The molecule has 0 aromatic carbocycles. The van der Waals surface area contributed by atoms with Gasteiger partial charge in [-0.05, 0) is 128 Å². The molecule has 0 bridgehead atoms. The van der Waals surface area contributed by atoms with Crippen molar-refractivity contribution in [1.29, 1.82) is 0 Å². The molecule has 1 saturated heterocycles. The molecule has 54 heavy (non-hydrogen) atoms. The predicted octanol–water partition coefficient (Wildman–Crippen LogP) is 10.4. The average Bonchev–Trinajstić information content (AvgIpc) is 3.47. The smallest absolute Gasteiger partial charge is 0.304 e. The van der Waals surface area contributed by atoms with E-state index in [0.717, 1.165) is 50.5 Å². The molecular weight excluding hydrogens is 680 g/mol. The molecule has 0 radical (unpaired) electrons. The Bertz CT molecular complexity index is 1510. The summed E-state index contributed by atoms with van der Waals surface area (Å²) in [5, 5.41) is 0. The SMILES string of the molecule is C=C1CCC[C@@H]2[C@@](C)(C/C=C3/C[C@@H](OC(C)=O)O[C@@H]3OC/C=C(\COC(C)=O)[C@@H](C[C@@]3(C)[C@H](C)CC[C@@]4(C)C(=C)CCC[C@H]34)OC(C)=O)[C@H](C)CC[C@@]12C. The summed E-state index contributed by atoms with van der Waals surface area (Å²) in [4.78, 5) is 36.8. The van der Waals surface area contributed by atoms with E-state index in [9.17, 15) is 14.4 Å². The molecule has 0 amide bonds. The Hall–Kier alpha value is -2.71. The highest BCUT2D eigenvalue weighted by atomic mass is 16.8. The lowest BCUT2D eigenvalue weighted by atomic mass is 9.46. The summed E-state index contributed by atoms with van der Waals surface area (Å²) in [6.45, 7) is 27.7. The quantitative estimate of drug-likeness (QED) is 0.110. The van der Waals surface area contributed by atoms with Gasteiger partial charge in [0, 0.05) is 32.8 Å². The Morgan fingerprint density at radius 2 is 1.41 bits per heavy atom. The maximum atomic E-state index is 12.7. The zero-order valence-corrected chi connectivity index (χ0v) is 35.0. The minimum Gasteiger partial charge on any atom is -0.461 e. The third-order valence-corrected chi connectivity index (χ3v) is 15.6. The van der Waals surface area contributed by atoms with Crippen LogP contribution in [-0.2, 0) is 38.1 Å². The third-order valence-electron chi connectivity index (χ3n) is 15.6. The van der Waals surface area contributed by atoms with E-state index in [0.29, 0.717) is 42.1 Å². The van der Waals surface area contributed by atoms with Crippen LogP contribution >= 0.6 is 0 Å². The number of allylic oxidation sites excluding steroid dienone is 3. The van der Waals surface area contributed by atoms with Gasteiger partial charge in [0.2, 0.25) is 6.29 Å². The topological polar surface area (TPSA) is 97.4 Å². The first kappa shape index (κ1) is 42.4. The highest BCUT2D eigenvalue weighted by molar-refractivity contribution is 5.67. The van der Waals surface area contributed by atoms with Crippen LogP contribution in [0.3, 0.4) is 0 Å². The Balaban J connectivity index is 1.40. The minimum absolute atomic E-state index is 0.0122. The van der Waals surface area contributed by atoms with Gasteiger partial charge in [-0.1, -0.05) is 78.0 Å². The van der Waals surface area contributed by atoms with Gasteiger partial charge in [0.25, 0.3) is 0 Å². The first-order chi connectivity index (χ1) is 25.3. The highest BCUT2D eigenvalue weighted by Gasteiger charge is 2.56. The molecule has 0 unspecified atom stereocenters. The van der Waals surface area contributed by atoms with Crippen molar-refractivity contribution in [1.82, 2.24) is 0 Å². The molecule has 0 spiro atoms. The van der Waals surface area contributed by atoms with Crippen molar-refractivity contribution in [2.45, 2.75) is 164 Å². The van der Waals surface area contributed by atoms with Crippen molar-refractivity contribution in [2.75, 3.05) is 13.2 Å². The summed E-state index contributed by atoms with van der Waals surface area (Å²) in [7, 11) is 0. The Labute approximate surface area is 325 Å². The predicted molar refractivity (Wildman–Crippen MR) is 211 cm³/mol. The zero-order chi connectivity index (χ0) is 39.6. The molecule has 5 aliphatic rings. The molecule has 302 valence electrons. The van der Waals surface area contributed by atoms with Crippen LogP contribution in [-0.4, -0.2) is 49.8 Å². The van der Waals surface area contributed by atoms with Gasteiger partial charge in [0.1, 0.15) is 12.7 Å². The fourth-order valence-corrected chi connectivity index (χ4v) is 11.7. The van der Waals surface area contributed by atoms with E-state index in [-0.39, 0.29) is 40.8 Å². The van der Waals surface area contributed by atoms with Gasteiger partial charge in [-0.15, -0.1) is 0 Å². The Morgan fingerprint density at radius 1 is 0.833 bits per heavy atom. The summed E-state index contributed by atoms with van der Waals surface area (Å²) in [5.74, 6) is 0.702. The van der Waals surface area contributed by atoms with Crippen molar-refractivity contribution in [2.24, 2.45) is 45.3 Å². The van der Waals surface area contributed by atoms with Crippen molar-refractivity contribution >= 4 is 17.9 Å². The number of carbonyl (C=O) groups excluding carboxylic acids is 3. The molecule has 4 aliphatic carbocycles. The summed E-state index contributed by atoms with van der Waals surface area (Å²) < 4.78 is 29.9. The monoisotopic (exact) mass is 751 g/mol. The molecule has 0 aromatic rings. The minimum atomic E-state index is -0.736. The van der Waals surface area contributed by atoms with Gasteiger partial charge in [-0.3, -0.25) is 14.4 Å². The molecule has 4 saturated carbocycles. The van der Waals surface area contributed by atoms with Crippen LogP contribution in [0.4, 0.5) is 0 Å². The molecule has 5 fully saturated rings. The maximum Gasteiger partial charge on any atom is 0.304 e. The highest BCUT2D eigenvalue weighted by Crippen LogP contribution is 2.64. The van der Waals surface area contributed by atoms with E-state index in [1.807, 2.05) is 6.08 Å². The van der Waals surface area contributed by atoms with E-state index in [1.54, 1.807) is 0 Å². The van der Waals surface area contributed by atoms with Gasteiger partial charge in [0.15, 0.2) is 6.29 Å². The molecule has 11 atom stereocenters. The first-order valence-corrected chi connectivity index (χ1v) is 20.8. The lowest BCUT2D eigenvalue weighted by Gasteiger charge is -2.59. The number of hydrogen-bond donors (Lipinski definition) is 0. The lowest BCUT2D eigenvalue weighted by Crippen LogP contribution is -2.52. The van der Waals surface area contributed by atoms with Crippen molar-refractivity contribution in [3.05, 3.63) is 47.6 Å². The van der Waals surface area contributed by atoms with Crippen LogP contribution in [0.25, 0.3) is 0 Å². The second kappa shape index (κ2) is 16.8. The largest absolute Gasteiger partial charge is 0.461 e. The van der Waals surface area contributed by atoms with Crippen molar-refractivity contribution < 1.29 is 38.1 Å². The van der Waals surface area contributed by atoms with Gasteiger partial charge >= 0.3 is 17.9 Å². The van der Waals surface area contributed by atoms with Crippen molar-refractivity contribution in [3.63, 3.8) is 0 Å². The molecule has 5 rings (SSSR count). The zero-order valence-electron chi connectivity index (χ0n) is 35.0. The summed E-state index contributed by atoms with van der Waals surface area (Å²) in [6, 6.07) is 0. The van der Waals surface area contributed by atoms with Gasteiger partial charge in [-0.2, -0.15) is 0 Å². The van der Waals surface area contributed by atoms with Crippen LogP contribution in [0, 0.1) is 45.3 Å². The van der Waals surface area contributed by atoms with Crippen LogP contribution in [0.2, 0.25) is 0 Å². The summed E-state index contributed by atoms with van der Waals surface area (Å²) in [6.07, 6.45) is 15.4. The Morgan fingerprint density at radius 3 is 1.96 bits per heavy atom. The third kappa shape index (κ3) is 8.65. The fourth-order valence-electron chi connectivity index (χ4n) is 11.7. The standard InChI is InChI=1S/C46H70O8/c1-29-14-12-16-39-43(29,8)22-18-31(3)45(39,10)24-20-36-26-41(53-35(7)49)54-42(36)50-25-21-37(28-51-33(5)47)38(52-34(6)48)27-46(11)32(4)19-23-44(9)30(2)15-13-17-40(44)46/h20-21,31-32,38-42H,1-2,12-19,22-28H2,3-11H3/b36-20-,37-21+/t31-,32-,38-,39+,40+,41+,42+,43+,44+,45+,46+/m1/s1. The second-order valence-corrected chi connectivity index (χ2v) is 18.7. The number of carbonyl (C=O) groups is 3. The van der Waals surface area contributed by atoms with Crippen LogP contribution < -0.4 is 0 Å². The first-order valence-electron chi connectivity index (χ1n) is 20.8. The Kier molecular flexibility index (Phi) is 13.2. The maximum absolute atomic E-state index is 12.7. The second-order valence-electron chi connectivity index (χ2n) is 18.7. The van der Waals surface area contributed by atoms with E-state index in [1.165, 1.54) is 57.6 Å². The normalized spacial score (nSPS) is 39.7. The number of esters is 3. The number of fused-ring (bicyclic) bond motifs is 2. The van der Waals surface area contributed by atoms with Crippen LogP contribution in [0.1, 0.15) is 146 Å². The van der Waals surface area contributed by atoms with Crippen LogP contribution in [0.5, 0.6) is 0 Å². The number of ether oxygens (including phenoxy) is 5. The van der Waals surface area contributed by atoms with Gasteiger partial charge in [-0.25, -0.2) is 0 Å². The number of rotatable bonds is 12. The molecule has 8 nitrogen and oxygen atoms in total. The van der Waals surface area contributed by atoms with Crippen LogP contribution in [0.15, 0.2) is 47.6 Å². The molecule has 1 heterocycles. The van der Waals surface area contributed by atoms with E-state index < -0.39 is 30.6 Å². The average molecular weight is 751 g/mol. The summed E-state index contributed by atoms with van der Waals surface area (Å²) >= 11 is 0. The molecule has 8 heteroatoms. The van der Waals surface area contributed by atoms with E-state index in [4.69, 9.17) is 23.7 Å². The van der Waals surface area contributed by atoms with Crippen molar-refractivity contribution in [3.8, 4) is 0 Å². The van der Waals surface area contributed by atoms with E-state index >= 15 is 0 Å². The number of hydrogen-bond acceptors (Lipinski definition) is 8. The molecular formula is C46H70O8. The lowest BCUT2D eigenvalue weighted by molar-refractivity contribution is -0.200. The fraction of sp³-hybridized carbons (Fsp3) is 0.761. The van der Waals surface area contributed by atoms with Gasteiger partial charge < -0.3 is 23.7 Å². The summed E-state index contributed by atoms with van der Waals surface area (Å²) in [5.41, 5.74) is 4.52. The molecule has 0 N–H and O–H groups in total. The molecule has 0 aromatic heterocycles. The van der Waals surface area contributed by atoms with E-state index in [2.05, 4.69) is 60.8 Å². The molecule has 1 aliphatic heterocycles.